The Morgan fingerprint density at radius 1 is 0.303 bits per heavy atom. The lowest BCUT2D eigenvalue weighted by molar-refractivity contribution is 0.812. The summed E-state index contributed by atoms with van der Waals surface area (Å²) in [6.07, 6.45) is 0. The number of benzene rings is 11. The zero-order chi connectivity index (χ0) is 61.4. The molecule has 4 heterocycles. The topological polar surface area (TPSA) is 9.86 Å². The third-order valence-corrected chi connectivity index (χ3v) is 20.4. The fourth-order valence-corrected chi connectivity index (χ4v) is 16.1. The Hall–Kier alpha value is -8.85. The molecule has 436 valence electrons. The van der Waals surface area contributed by atoms with Gasteiger partial charge in [-0.2, -0.15) is 0 Å². The Bertz CT molecular complexity index is 4900. The van der Waals surface area contributed by atoms with E-state index in [1.807, 2.05) is 0 Å². The van der Waals surface area contributed by atoms with Crippen LogP contribution < -0.4 is 32.8 Å². The van der Waals surface area contributed by atoms with Crippen LogP contribution >= 0.6 is 0 Å². The minimum absolute atomic E-state index is 0.0911. The number of aromatic nitrogens is 2. The van der Waals surface area contributed by atoms with Crippen molar-refractivity contribution in [2.45, 2.75) is 126 Å². The third kappa shape index (κ3) is 8.89. The fraction of sp³-hybridized carbons (Fsp3) is 0.224. The quantitative estimate of drug-likeness (QED) is 0.108. The maximum atomic E-state index is 2.74. The second kappa shape index (κ2) is 21.7. The highest BCUT2D eigenvalue weighted by Gasteiger charge is 2.44. The summed E-state index contributed by atoms with van der Waals surface area (Å²) in [6.45, 7) is 31.2. The molecule has 0 bridgehead atoms. The molecule has 2 aliphatic heterocycles. The molecule has 0 unspecified atom stereocenters. The first-order valence-corrected chi connectivity index (χ1v) is 33.1. The van der Waals surface area contributed by atoms with Crippen LogP contribution in [-0.2, 0) is 0 Å². The van der Waals surface area contributed by atoms with Gasteiger partial charge in [-0.05, 0) is 184 Å². The van der Waals surface area contributed by atoms with E-state index >= 15 is 0 Å². The van der Waals surface area contributed by atoms with Crippen LogP contribution in [0.3, 0.4) is 0 Å². The van der Waals surface area contributed by atoms with Crippen LogP contribution in [-0.4, -0.2) is 22.6 Å². The van der Waals surface area contributed by atoms with Gasteiger partial charge >= 0.3 is 0 Å². The van der Waals surface area contributed by atoms with Crippen LogP contribution in [0, 0.1) is 6.92 Å². The third-order valence-electron chi connectivity index (χ3n) is 20.4. The van der Waals surface area contributed by atoms with E-state index in [0.29, 0.717) is 11.8 Å². The molecule has 0 radical (unpaired) electrons. The highest BCUT2D eigenvalue weighted by atomic mass is 15.0. The average molecular weight is 1150 g/mol. The second-order valence-corrected chi connectivity index (χ2v) is 27.9. The molecule has 0 saturated heterocycles. The van der Waals surface area contributed by atoms with E-state index in [2.05, 4.69) is 311 Å². The molecule has 11 aromatic carbocycles. The minimum atomic E-state index is -0.0944. The second-order valence-electron chi connectivity index (χ2n) is 27.9. The van der Waals surface area contributed by atoms with Gasteiger partial charge in [0.1, 0.15) is 0 Å². The lowest BCUT2D eigenvalue weighted by atomic mass is 9.31. The Labute approximate surface area is 528 Å². The maximum Gasteiger partial charge on any atom is 0.247 e. The predicted molar refractivity (Wildman–Crippen MR) is 388 cm³/mol. The summed E-state index contributed by atoms with van der Waals surface area (Å²) < 4.78 is 5.48. The highest BCUT2D eigenvalue weighted by molar-refractivity contribution is 7.00. The lowest BCUT2D eigenvalue weighted by Crippen LogP contribution is -2.61. The SMILES string of the molecule is Cc1cc2c3c(c1-c1ccccc1)c1cc(-c4ccccc4)ccc1n3-c1cc3c(cc1B2c1c(C(C)C)cc(C(C)C)cc1C(C)C)-n1c2ccc(-c4ccccc4)cc2c2c(-c4ccccc4)ccc(c21)B3c1c(C(C)C)cc(C(C)C)cc1C(C)C. The van der Waals surface area contributed by atoms with Gasteiger partial charge in [0.2, 0.25) is 13.4 Å². The van der Waals surface area contributed by atoms with Crippen molar-refractivity contribution in [1.82, 2.24) is 9.13 Å². The molecule has 0 N–H and O–H groups in total. The van der Waals surface area contributed by atoms with E-state index in [1.165, 1.54) is 171 Å². The molecule has 0 aliphatic carbocycles. The number of hydrogen-bond donors (Lipinski definition) is 0. The van der Waals surface area contributed by atoms with Gasteiger partial charge < -0.3 is 9.13 Å². The van der Waals surface area contributed by atoms with E-state index < -0.39 is 0 Å². The molecule has 2 aliphatic rings. The zero-order valence-electron chi connectivity index (χ0n) is 54.2. The first-order chi connectivity index (χ1) is 43.1. The molecule has 0 spiro atoms. The predicted octanol–water partition coefficient (Wildman–Crippen LogP) is 19.3. The molecule has 0 atom stereocenters. The normalized spacial score (nSPS) is 12.9. The number of aryl methyl sites for hydroxylation is 1. The summed E-state index contributed by atoms with van der Waals surface area (Å²) in [4.78, 5) is 0. The van der Waals surface area contributed by atoms with Crippen molar-refractivity contribution in [1.29, 1.82) is 0 Å². The van der Waals surface area contributed by atoms with E-state index in [0.717, 1.165) is 0 Å². The van der Waals surface area contributed by atoms with Crippen molar-refractivity contribution in [3.8, 4) is 55.9 Å². The molecular weight excluding hydrogens is 1070 g/mol. The van der Waals surface area contributed by atoms with Crippen LogP contribution in [0.2, 0.25) is 0 Å². The first-order valence-electron chi connectivity index (χ1n) is 33.1. The zero-order valence-corrected chi connectivity index (χ0v) is 54.2. The minimum Gasteiger partial charge on any atom is -0.310 e. The van der Waals surface area contributed by atoms with Gasteiger partial charge in [0.25, 0.3) is 0 Å². The van der Waals surface area contributed by atoms with Crippen LogP contribution in [0.25, 0.3) is 99.5 Å². The van der Waals surface area contributed by atoms with E-state index in [-0.39, 0.29) is 37.1 Å². The average Bonchev–Trinajstić information content (AvgIpc) is 1.60. The van der Waals surface area contributed by atoms with E-state index in [1.54, 1.807) is 0 Å². The molecule has 13 aromatic rings. The van der Waals surface area contributed by atoms with Gasteiger partial charge in [-0.3, -0.25) is 0 Å². The molecule has 0 amide bonds. The molecule has 89 heavy (non-hydrogen) atoms. The van der Waals surface area contributed by atoms with Crippen molar-refractivity contribution in [2.75, 3.05) is 0 Å². The number of rotatable bonds is 12. The van der Waals surface area contributed by atoms with Crippen molar-refractivity contribution >= 4 is 89.8 Å². The van der Waals surface area contributed by atoms with E-state index in [9.17, 15) is 0 Å². The summed E-state index contributed by atoms with van der Waals surface area (Å²) in [7, 11) is 0. The highest BCUT2D eigenvalue weighted by Crippen LogP contribution is 2.46. The lowest BCUT2D eigenvalue weighted by Gasteiger charge is -2.36. The van der Waals surface area contributed by atoms with Gasteiger partial charge in [0, 0.05) is 38.4 Å². The van der Waals surface area contributed by atoms with Crippen molar-refractivity contribution in [3.05, 3.63) is 251 Å². The number of nitrogens with zero attached hydrogens (tertiary/aromatic N) is 2. The Morgan fingerprint density at radius 2 is 0.685 bits per heavy atom. The summed E-state index contributed by atoms with van der Waals surface area (Å²) in [6, 6.07) is 82.6. The molecular formula is C85H80B2N2. The van der Waals surface area contributed by atoms with Crippen LogP contribution in [0.15, 0.2) is 212 Å². The summed E-state index contributed by atoms with van der Waals surface area (Å²) in [5, 5.41) is 5.22. The van der Waals surface area contributed by atoms with Gasteiger partial charge in [-0.15, -0.1) is 0 Å². The summed E-state index contributed by atoms with van der Waals surface area (Å²) >= 11 is 0. The fourth-order valence-electron chi connectivity index (χ4n) is 16.1. The molecule has 0 saturated carbocycles. The van der Waals surface area contributed by atoms with Crippen molar-refractivity contribution in [2.24, 2.45) is 0 Å². The Morgan fingerprint density at radius 3 is 1.10 bits per heavy atom. The Kier molecular flexibility index (Phi) is 13.8. The summed E-state index contributed by atoms with van der Waals surface area (Å²) in [5.41, 5.74) is 36.0. The van der Waals surface area contributed by atoms with Gasteiger partial charge in [-0.1, -0.05) is 270 Å². The van der Waals surface area contributed by atoms with Gasteiger partial charge in [-0.25, -0.2) is 0 Å². The molecule has 2 nitrogen and oxygen atoms in total. The van der Waals surface area contributed by atoms with Crippen molar-refractivity contribution < 1.29 is 0 Å². The van der Waals surface area contributed by atoms with Crippen LogP contribution in [0.5, 0.6) is 0 Å². The molecule has 2 aromatic heterocycles. The van der Waals surface area contributed by atoms with Crippen LogP contribution in [0.1, 0.15) is 158 Å². The smallest absolute Gasteiger partial charge is 0.247 e. The van der Waals surface area contributed by atoms with Crippen LogP contribution in [0.4, 0.5) is 0 Å². The largest absolute Gasteiger partial charge is 0.310 e. The number of hydrogen-bond acceptors (Lipinski definition) is 0. The standard InChI is InChI=1S/C85H80B2N2/c1-49(2)62-43-65(51(5)6)82(66(44-62)52(7)8)86-71-37-36-64(58-30-22-16-23-31-58)80-69-41-60(56-26-18-14-19-27-56)34-38-75(69)88(84(71)80)77-48-73-78(47-72(77)86)89-76-39-35-61(57-28-20-15-21-29-57)42-70(76)81-79(59-32-24-17-25-33-59)55(13)40-74(85(81)89)87(73)83-67(53(9)10)45-63(50(3)4)46-68(83)54(11)12/h14-54H,1-13H3. The van der Waals surface area contributed by atoms with Crippen molar-refractivity contribution in [3.63, 3.8) is 0 Å². The monoisotopic (exact) mass is 1150 g/mol. The van der Waals surface area contributed by atoms with Gasteiger partial charge in [0.05, 0.1) is 16.6 Å². The Balaban J connectivity index is 1.18. The number of fused-ring (bicyclic) bond motifs is 10. The molecule has 4 heteroatoms. The first kappa shape index (κ1) is 56.6. The summed E-state index contributed by atoms with van der Waals surface area (Å²) in [5.74, 6) is 1.89. The maximum absolute atomic E-state index is 2.74. The van der Waals surface area contributed by atoms with Gasteiger partial charge in [0.15, 0.2) is 0 Å². The molecule has 0 fully saturated rings. The molecule has 15 rings (SSSR count). The van der Waals surface area contributed by atoms with E-state index in [4.69, 9.17) is 0 Å².